The quantitative estimate of drug-likeness (QED) is 0.0805. The molecule has 0 amide bonds. The van der Waals surface area contributed by atoms with Gasteiger partial charge in [0.05, 0.1) is 39.2 Å². The summed E-state index contributed by atoms with van der Waals surface area (Å²) in [4.78, 5) is 165. The van der Waals surface area contributed by atoms with Crippen molar-refractivity contribution in [1.29, 1.82) is 0 Å². The summed E-state index contributed by atoms with van der Waals surface area (Å²) in [5.74, 6) is 1.17. The van der Waals surface area contributed by atoms with Gasteiger partial charge in [0.1, 0.15) is 0 Å². The second-order valence-electron chi connectivity index (χ2n) is 26.6. The van der Waals surface area contributed by atoms with Crippen molar-refractivity contribution in [1.82, 2.24) is 0 Å². The topological polar surface area (TPSA) is 239 Å². The molecule has 0 aliphatic heterocycles. The first-order valence-electron chi connectivity index (χ1n) is 37.6. The molecule has 0 aliphatic carbocycles. The highest BCUT2D eigenvalue weighted by atomic mass is 32.2. The van der Waals surface area contributed by atoms with Crippen molar-refractivity contribution in [3.05, 3.63) is 466 Å². The molecule has 0 saturated carbocycles. The summed E-state index contributed by atoms with van der Waals surface area (Å²) in [6.07, 6.45) is 0. The Labute approximate surface area is 740 Å². The molecule has 12 aromatic carbocycles. The van der Waals surface area contributed by atoms with Gasteiger partial charge < -0.3 is 0 Å². The Balaban J connectivity index is 0.000000248. The van der Waals surface area contributed by atoms with Gasteiger partial charge in [-0.15, -0.1) is 25.3 Å². The standard InChI is InChI=1S/C17H16O2S.2C15H12O2S.C14H10O2S.C12H14O2S.C10H12OS.C9H8O2S.C7H6OS/c1-12(2)13-8-10-15(18)16(11-9-13)20-17(19)14-6-4-3-5-7-14;1-11-6-5-7-12(10-11)15(17)18-14-9-4-2-3-8-13(14)16;1-11-7-9-12(10-8-11)15(17)18-14-6-4-2-3-5-13(14)16;15-12-9-5-2-6-10-13(12)17-14(16)11-7-3-1-4-8-11;1-8(2)10-4-6-11(14)12(7-5-10)15-9(3)13;1-7(2)8-4-3-5-9(11)10(12)6-8;1-7(10)12-9-6-4-2-3-5-8(9)11;8-6-4-2-1-3-5-7(6)9/h3-12H,1-2H3;2*2-10H,1H3;1-10H;4-8H,1-3H3;3-7H,1-2H3,(H,11,12);2-6H,1H3;1-5H,(H,8,9). The van der Waals surface area contributed by atoms with E-state index in [1.165, 1.54) is 62.4 Å². The minimum Gasteiger partial charge on any atom is -0.289 e. The lowest BCUT2D eigenvalue weighted by molar-refractivity contribution is -0.109. The number of thiol groups is 2. The Morgan fingerprint density at radius 2 is 0.488 bits per heavy atom. The Morgan fingerprint density at radius 1 is 0.223 bits per heavy atom. The van der Waals surface area contributed by atoms with Crippen LogP contribution >= 0.6 is 95.8 Å². The number of carbonyl (C=O) groups excluding carboxylic acids is 6. The molecule has 0 atom stereocenters. The van der Waals surface area contributed by atoms with Gasteiger partial charge in [-0.05, 0) is 222 Å². The first kappa shape index (κ1) is 100. The van der Waals surface area contributed by atoms with Gasteiger partial charge in [0.2, 0.25) is 20.5 Å². The maximum Gasteiger partial charge on any atom is 0.224 e. The number of thioether (sulfide) groups is 6. The van der Waals surface area contributed by atoms with E-state index in [0.717, 1.165) is 98.4 Å². The van der Waals surface area contributed by atoms with Crippen LogP contribution in [0.5, 0.6) is 0 Å². The van der Waals surface area contributed by atoms with Crippen molar-refractivity contribution in [3.8, 4) is 0 Å². The van der Waals surface area contributed by atoms with Crippen LogP contribution in [-0.4, -0.2) is 30.7 Å². The molecule has 0 fully saturated rings. The summed E-state index contributed by atoms with van der Waals surface area (Å²) < 4.78 is 0. The summed E-state index contributed by atoms with van der Waals surface area (Å²) in [6.45, 7) is 19.3. The molecule has 0 radical (unpaired) electrons. The summed E-state index contributed by atoms with van der Waals surface area (Å²) in [5.41, 5.74) is 7.10. The largest absolute Gasteiger partial charge is 0.289 e. The molecule has 0 aliphatic rings. The fourth-order valence-corrected chi connectivity index (χ4v) is 14.2. The third-order valence-corrected chi connectivity index (χ3v) is 22.3. The maximum absolute atomic E-state index is 12.1. The van der Waals surface area contributed by atoms with Gasteiger partial charge in [0.25, 0.3) is 0 Å². The van der Waals surface area contributed by atoms with E-state index >= 15 is 0 Å². The van der Waals surface area contributed by atoms with Gasteiger partial charge >= 0.3 is 0 Å². The SMILES string of the molecule is CC(=O)Sc1ccc(C(C)C)ccc1=O.CC(=O)Sc1cccccc1=O.CC(C)c1ccc(SC(=O)c2ccccc2)c(=O)cc1.CC(C)c1cccc(=O)c(S)c1.Cc1ccc(C(=O)Sc2cccccc2=O)cc1.Cc1cccc(C(=O)Sc2cccccc2=O)c1.O=C(Sc1cccccc1=O)c1ccccc1.O=c1cccccc1S. The molecule has 0 saturated heterocycles. The van der Waals surface area contributed by atoms with E-state index in [0.29, 0.717) is 79.2 Å². The second-order valence-corrected chi connectivity index (χ2v) is 34.1. The van der Waals surface area contributed by atoms with Gasteiger partial charge in [-0.3, -0.25) is 67.1 Å². The molecule has 12 rings (SSSR count). The zero-order chi connectivity index (χ0) is 88.8. The van der Waals surface area contributed by atoms with E-state index < -0.39 is 0 Å². The zero-order valence-electron chi connectivity index (χ0n) is 68.0. The average molecular weight is 1760 g/mol. The van der Waals surface area contributed by atoms with Gasteiger partial charge in [0.15, 0.2) is 53.7 Å². The van der Waals surface area contributed by atoms with Crippen LogP contribution in [0.25, 0.3) is 0 Å². The van der Waals surface area contributed by atoms with Crippen LogP contribution < -0.4 is 43.4 Å². The Kier molecular flexibility index (Phi) is 45.5. The van der Waals surface area contributed by atoms with Crippen LogP contribution in [0.2, 0.25) is 0 Å². The predicted molar refractivity (Wildman–Crippen MR) is 508 cm³/mol. The van der Waals surface area contributed by atoms with E-state index in [1.807, 2.05) is 105 Å². The van der Waals surface area contributed by atoms with Crippen molar-refractivity contribution >= 4 is 127 Å². The third kappa shape index (κ3) is 38.8. The van der Waals surface area contributed by atoms with Crippen LogP contribution in [0.4, 0.5) is 0 Å². The molecule has 0 unspecified atom stereocenters. The average Bonchev–Trinajstić information content (AvgIpc) is 1.82. The smallest absolute Gasteiger partial charge is 0.224 e. The van der Waals surface area contributed by atoms with Crippen molar-refractivity contribution in [2.24, 2.45) is 0 Å². The fraction of sp³-hybridized carbons (Fsp3) is 0.131. The van der Waals surface area contributed by atoms with Crippen molar-refractivity contribution < 1.29 is 28.8 Å². The first-order valence-corrected chi connectivity index (χ1v) is 43.4. The molecule has 0 aromatic heterocycles. The predicted octanol–water partition coefficient (Wildman–Crippen LogP) is 21.9. The molecule has 0 heterocycles. The van der Waals surface area contributed by atoms with Crippen LogP contribution in [0, 0.1) is 13.8 Å². The zero-order valence-corrected chi connectivity index (χ0v) is 74.7. The molecule has 22 heteroatoms. The summed E-state index contributed by atoms with van der Waals surface area (Å²) in [6, 6.07) is 95.3. The second kappa shape index (κ2) is 54.9. The van der Waals surface area contributed by atoms with E-state index in [4.69, 9.17) is 0 Å². The highest BCUT2D eigenvalue weighted by Gasteiger charge is 2.15. The molecule has 0 N–H and O–H groups in total. The minimum absolute atomic E-state index is 0.0229. The monoisotopic (exact) mass is 1760 g/mol. The molecular formula is C99H90O14S8. The molecule has 14 nitrogen and oxygen atoms in total. The Bertz CT molecular complexity index is 6030. The molecule has 12 aromatic rings. The lowest BCUT2D eigenvalue weighted by atomic mass is 10.1. The lowest BCUT2D eigenvalue weighted by Gasteiger charge is -2.00. The number of hydrogen-bond acceptors (Lipinski definition) is 22. The molecule has 0 spiro atoms. The highest BCUT2D eigenvalue weighted by Crippen LogP contribution is 2.25. The van der Waals surface area contributed by atoms with Crippen molar-refractivity contribution in [3.63, 3.8) is 0 Å². The Hall–Kier alpha value is -11.2. The molecule has 0 bridgehead atoms. The third-order valence-electron chi connectivity index (χ3n) is 16.0. The van der Waals surface area contributed by atoms with Gasteiger partial charge in [-0.2, -0.15) is 0 Å². The number of rotatable bonds is 13. The number of hydrogen-bond donors (Lipinski definition) is 2. The molecular weight excluding hydrogens is 1670 g/mol. The van der Waals surface area contributed by atoms with Gasteiger partial charge in [-0.1, -0.05) is 283 Å². The molecule has 618 valence electrons. The van der Waals surface area contributed by atoms with Crippen LogP contribution in [0.3, 0.4) is 0 Å². The van der Waals surface area contributed by atoms with E-state index in [-0.39, 0.29) is 74.1 Å². The summed E-state index contributed by atoms with van der Waals surface area (Å²) in [5, 5.41) is -0.586. The number of aryl methyl sites for hydroxylation is 2. The fourth-order valence-electron chi connectivity index (χ4n) is 9.50. The van der Waals surface area contributed by atoms with E-state index in [9.17, 15) is 67.1 Å². The number of benzene rings is 4. The van der Waals surface area contributed by atoms with E-state index in [2.05, 4.69) is 66.8 Å². The lowest BCUT2D eigenvalue weighted by Crippen LogP contribution is -2.01. The van der Waals surface area contributed by atoms with Crippen LogP contribution in [-0.2, 0) is 9.59 Å². The highest BCUT2D eigenvalue weighted by molar-refractivity contribution is 8.15. The Morgan fingerprint density at radius 3 is 0.851 bits per heavy atom. The van der Waals surface area contributed by atoms with Gasteiger partial charge in [-0.25, -0.2) is 0 Å². The van der Waals surface area contributed by atoms with Crippen LogP contribution in [0.15, 0.2) is 411 Å². The van der Waals surface area contributed by atoms with Crippen molar-refractivity contribution in [2.75, 3.05) is 0 Å². The number of carbonyl (C=O) groups is 6. The maximum atomic E-state index is 12.1. The van der Waals surface area contributed by atoms with Crippen molar-refractivity contribution in [2.45, 2.75) is 126 Å². The summed E-state index contributed by atoms with van der Waals surface area (Å²) in [7, 11) is 0. The van der Waals surface area contributed by atoms with E-state index in [1.54, 1.807) is 194 Å². The normalized spacial score (nSPS) is 10.0. The van der Waals surface area contributed by atoms with Crippen LogP contribution in [0.1, 0.15) is 142 Å². The first-order chi connectivity index (χ1) is 57.8. The summed E-state index contributed by atoms with van der Waals surface area (Å²) >= 11 is 13.9. The van der Waals surface area contributed by atoms with Gasteiger partial charge in [0, 0.05) is 36.1 Å². The molecule has 121 heavy (non-hydrogen) atoms. The minimum atomic E-state index is -0.135.